The SMILES string of the molecule is COC(=O)[C@]1(Cc2ccccc2)N[C@H](c2ccc(SC3CCCCC3)c(OC)c2)[C@@H]2C(=O)N(C)C(=O)[C@@H]21. The maximum atomic E-state index is 13.4. The minimum atomic E-state index is -1.37. The molecule has 8 heteroatoms. The molecule has 3 aliphatic rings. The number of esters is 1. The van der Waals surface area contributed by atoms with Crippen LogP contribution in [0.5, 0.6) is 5.75 Å². The molecule has 1 aliphatic carbocycles. The van der Waals surface area contributed by atoms with E-state index in [2.05, 4.69) is 5.32 Å². The van der Waals surface area contributed by atoms with E-state index in [4.69, 9.17) is 9.47 Å². The van der Waals surface area contributed by atoms with Crippen LogP contribution in [-0.4, -0.2) is 54.7 Å². The molecule has 0 radical (unpaired) electrons. The normalized spacial score (nSPS) is 27.9. The molecule has 7 nitrogen and oxygen atoms in total. The van der Waals surface area contributed by atoms with Crippen molar-refractivity contribution in [3.8, 4) is 5.75 Å². The third-order valence-electron chi connectivity index (χ3n) is 8.14. The molecule has 0 spiro atoms. The van der Waals surface area contributed by atoms with Gasteiger partial charge in [-0.3, -0.25) is 24.6 Å². The fourth-order valence-corrected chi connectivity index (χ4v) is 7.63. The second kappa shape index (κ2) is 10.5. The van der Waals surface area contributed by atoms with Gasteiger partial charge in [0.05, 0.1) is 26.1 Å². The van der Waals surface area contributed by atoms with E-state index in [1.54, 1.807) is 7.11 Å². The summed E-state index contributed by atoms with van der Waals surface area (Å²) in [6, 6.07) is 15.0. The zero-order valence-electron chi connectivity index (χ0n) is 21.6. The van der Waals surface area contributed by atoms with Crippen LogP contribution in [0, 0.1) is 11.8 Å². The van der Waals surface area contributed by atoms with Crippen LogP contribution in [0.1, 0.15) is 49.3 Å². The van der Waals surface area contributed by atoms with Gasteiger partial charge in [0.2, 0.25) is 11.8 Å². The summed E-state index contributed by atoms with van der Waals surface area (Å²) in [6.07, 6.45) is 6.45. The molecule has 3 fully saturated rings. The molecule has 37 heavy (non-hydrogen) atoms. The molecule has 0 unspecified atom stereocenters. The molecule has 1 N–H and O–H groups in total. The number of rotatable bonds is 7. The second-order valence-electron chi connectivity index (χ2n) is 10.3. The highest BCUT2D eigenvalue weighted by Crippen LogP contribution is 2.51. The van der Waals surface area contributed by atoms with Gasteiger partial charge < -0.3 is 9.47 Å². The number of carbonyl (C=O) groups excluding carboxylic acids is 3. The number of benzene rings is 2. The van der Waals surface area contributed by atoms with E-state index < -0.39 is 29.4 Å². The van der Waals surface area contributed by atoms with Gasteiger partial charge in [0.1, 0.15) is 11.3 Å². The topological polar surface area (TPSA) is 84.9 Å². The van der Waals surface area contributed by atoms with Crippen molar-refractivity contribution in [1.29, 1.82) is 0 Å². The molecule has 2 aromatic carbocycles. The van der Waals surface area contributed by atoms with E-state index in [-0.39, 0.29) is 18.2 Å². The predicted molar refractivity (Wildman–Crippen MR) is 141 cm³/mol. The molecule has 2 saturated heterocycles. The number of ether oxygens (including phenoxy) is 2. The lowest BCUT2D eigenvalue weighted by molar-refractivity contribution is -0.153. The van der Waals surface area contributed by atoms with E-state index in [0.717, 1.165) is 26.7 Å². The van der Waals surface area contributed by atoms with Crippen LogP contribution >= 0.6 is 11.8 Å². The lowest BCUT2D eigenvalue weighted by atomic mass is 9.76. The molecule has 2 aliphatic heterocycles. The summed E-state index contributed by atoms with van der Waals surface area (Å²) in [5.41, 5.74) is 0.327. The van der Waals surface area contributed by atoms with Crippen LogP contribution < -0.4 is 10.1 Å². The maximum Gasteiger partial charge on any atom is 0.327 e. The summed E-state index contributed by atoms with van der Waals surface area (Å²) in [6.45, 7) is 0. The van der Waals surface area contributed by atoms with Gasteiger partial charge in [-0.25, -0.2) is 0 Å². The maximum absolute atomic E-state index is 13.4. The lowest BCUT2D eigenvalue weighted by Crippen LogP contribution is -2.57. The van der Waals surface area contributed by atoms with Gasteiger partial charge in [0.15, 0.2) is 0 Å². The van der Waals surface area contributed by atoms with E-state index in [1.165, 1.54) is 46.3 Å². The summed E-state index contributed by atoms with van der Waals surface area (Å²) < 4.78 is 11.0. The van der Waals surface area contributed by atoms with Gasteiger partial charge in [-0.15, -0.1) is 11.8 Å². The fraction of sp³-hybridized carbons (Fsp3) is 0.483. The number of thioether (sulfide) groups is 1. The third-order valence-corrected chi connectivity index (χ3v) is 9.54. The van der Waals surface area contributed by atoms with E-state index in [9.17, 15) is 14.4 Å². The van der Waals surface area contributed by atoms with Crippen LogP contribution in [-0.2, 0) is 25.5 Å². The fourth-order valence-electron chi connectivity index (χ4n) is 6.29. The standard InChI is InChI=1S/C29H34N2O5S/c1-31-26(32)23-24(27(31)33)29(28(34)36-3,17-18-10-6-4-7-11-18)30-25(23)19-14-15-22(21(16-19)35-2)37-20-12-8-5-9-13-20/h4,6-7,10-11,14-16,20,23-25,30H,5,8-9,12-13,17H2,1-3H3/t23-,24-,25-,29-/m1/s1. The summed E-state index contributed by atoms with van der Waals surface area (Å²) in [5.74, 6) is -2.03. The van der Waals surface area contributed by atoms with Gasteiger partial charge in [0, 0.05) is 29.7 Å². The summed E-state index contributed by atoms with van der Waals surface area (Å²) >= 11 is 1.85. The van der Waals surface area contributed by atoms with Crippen molar-refractivity contribution in [2.45, 2.75) is 60.3 Å². The Bertz CT molecular complexity index is 1180. The largest absolute Gasteiger partial charge is 0.496 e. The Morgan fingerprint density at radius 2 is 1.78 bits per heavy atom. The van der Waals surface area contributed by atoms with Gasteiger partial charge in [0.25, 0.3) is 0 Å². The highest BCUT2D eigenvalue weighted by atomic mass is 32.2. The van der Waals surface area contributed by atoms with Gasteiger partial charge in [-0.1, -0.05) is 55.7 Å². The summed E-state index contributed by atoms with van der Waals surface area (Å²) in [5, 5.41) is 4.02. The highest BCUT2D eigenvalue weighted by molar-refractivity contribution is 8.00. The molecule has 0 aromatic heterocycles. The molecule has 2 aromatic rings. The quantitative estimate of drug-likeness (QED) is 0.432. The number of likely N-dealkylation sites (tertiary alicyclic amines) is 1. The number of amides is 2. The van der Waals surface area contributed by atoms with Crippen molar-refractivity contribution in [1.82, 2.24) is 10.2 Å². The van der Waals surface area contributed by atoms with Crippen LogP contribution in [0.4, 0.5) is 0 Å². The number of imide groups is 1. The summed E-state index contributed by atoms with van der Waals surface area (Å²) in [4.78, 5) is 42.5. The molecule has 196 valence electrons. The number of carbonyl (C=O) groups is 3. The average molecular weight is 523 g/mol. The Morgan fingerprint density at radius 3 is 2.46 bits per heavy atom. The van der Waals surface area contributed by atoms with Crippen LogP contribution in [0.3, 0.4) is 0 Å². The molecule has 4 atom stereocenters. The van der Waals surface area contributed by atoms with Crippen molar-refractivity contribution in [2.75, 3.05) is 21.3 Å². The van der Waals surface area contributed by atoms with Crippen LogP contribution in [0.2, 0.25) is 0 Å². The number of fused-ring (bicyclic) bond motifs is 1. The molecular formula is C29H34N2O5S. The van der Waals surface area contributed by atoms with E-state index in [1.807, 2.05) is 60.3 Å². The first kappa shape index (κ1) is 25.8. The van der Waals surface area contributed by atoms with Crippen molar-refractivity contribution in [2.24, 2.45) is 11.8 Å². The van der Waals surface area contributed by atoms with Gasteiger partial charge in [-0.05, 0) is 36.1 Å². The first-order chi connectivity index (χ1) is 17.9. The monoisotopic (exact) mass is 522 g/mol. The van der Waals surface area contributed by atoms with Crippen LogP contribution in [0.25, 0.3) is 0 Å². The predicted octanol–water partition coefficient (Wildman–Crippen LogP) is 4.15. The number of methoxy groups -OCH3 is 2. The minimum absolute atomic E-state index is 0.234. The zero-order chi connectivity index (χ0) is 26.2. The number of hydrogen-bond donors (Lipinski definition) is 1. The van der Waals surface area contributed by atoms with Gasteiger partial charge in [-0.2, -0.15) is 0 Å². The van der Waals surface area contributed by atoms with Crippen molar-refractivity contribution >= 4 is 29.5 Å². The van der Waals surface area contributed by atoms with Crippen molar-refractivity contribution in [3.05, 3.63) is 59.7 Å². The Kier molecular flexibility index (Phi) is 7.32. The number of hydrogen-bond acceptors (Lipinski definition) is 7. The van der Waals surface area contributed by atoms with E-state index >= 15 is 0 Å². The van der Waals surface area contributed by atoms with Crippen molar-refractivity contribution < 1.29 is 23.9 Å². The van der Waals surface area contributed by atoms with E-state index in [0.29, 0.717) is 5.25 Å². The van der Waals surface area contributed by atoms with Crippen molar-refractivity contribution in [3.63, 3.8) is 0 Å². The Morgan fingerprint density at radius 1 is 1.05 bits per heavy atom. The molecule has 5 rings (SSSR count). The Balaban J connectivity index is 1.54. The molecule has 2 amide bonds. The molecule has 1 saturated carbocycles. The van der Waals surface area contributed by atoms with Gasteiger partial charge >= 0.3 is 5.97 Å². The molecular weight excluding hydrogens is 488 g/mol. The Labute approximate surface area is 222 Å². The minimum Gasteiger partial charge on any atom is -0.496 e. The average Bonchev–Trinajstić information content (AvgIpc) is 3.39. The smallest absolute Gasteiger partial charge is 0.327 e. The first-order valence-corrected chi connectivity index (χ1v) is 13.8. The Hall–Kier alpha value is -2.84. The molecule has 0 bridgehead atoms. The summed E-state index contributed by atoms with van der Waals surface area (Å²) in [7, 11) is 4.47. The van der Waals surface area contributed by atoms with Crippen LogP contribution in [0.15, 0.2) is 53.4 Å². The first-order valence-electron chi connectivity index (χ1n) is 13.0. The number of nitrogens with zero attached hydrogens (tertiary/aromatic N) is 1. The zero-order valence-corrected chi connectivity index (χ0v) is 22.4. The molecule has 2 heterocycles. The number of nitrogens with one attached hydrogen (secondary N) is 1. The second-order valence-corrected chi connectivity index (χ2v) is 11.6. The lowest BCUT2D eigenvalue weighted by Gasteiger charge is -2.32. The highest BCUT2D eigenvalue weighted by Gasteiger charge is 2.68. The third kappa shape index (κ3) is 4.55.